The first kappa shape index (κ1) is 14.0. The molecule has 0 atom stereocenters. The lowest BCUT2D eigenvalue weighted by atomic mass is 10.2. The lowest BCUT2D eigenvalue weighted by Gasteiger charge is -2.18. The summed E-state index contributed by atoms with van der Waals surface area (Å²) in [5.74, 6) is 0. The quantitative estimate of drug-likeness (QED) is 0.228. The summed E-state index contributed by atoms with van der Waals surface area (Å²) < 4.78 is 24.9. The average Bonchev–Trinajstić information content (AvgIpc) is 2.11. The molecule has 0 rings (SSSR count). The predicted molar refractivity (Wildman–Crippen MR) is 49.5 cm³/mol. The summed E-state index contributed by atoms with van der Waals surface area (Å²) in [6.07, 6.45) is 0. The van der Waals surface area contributed by atoms with Gasteiger partial charge in [0.05, 0.1) is 5.60 Å². The molecule has 0 amide bonds. The van der Waals surface area contributed by atoms with Gasteiger partial charge in [0.25, 0.3) is 0 Å². The van der Waals surface area contributed by atoms with Crippen LogP contribution in [0, 0.1) is 0 Å². The van der Waals surface area contributed by atoms with Gasteiger partial charge in [-0.25, -0.2) is 14.3 Å². The molecular formula is C7H17O6P. The molecule has 0 aliphatic rings. The number of phosphoric acid groups is 1. The van der Waals surface area contributed by atoms with Crippen molar-refractivity contribution in [3.63, 3.8) is 0 Å². The third kappa shape index (κ3) is 6.48. The molecule has 0 saturated heterocycles. The van der Waals surface area contributed by atoms with Crippen LogP contribution in [0.25, 0.3) is 0 Å². The normalized spacial score (nSPS) is 13.2. The molecule has 0 aromatic rings. The van der Waals surface area contributed by atoms with Crippen LogP contribution in [-0.2, 0) is 27.9 Å². The van der Waals surface area contributed by atoms with Gasteiger partial charge in [-0.05, 0) is 20.8 Å². The average molecular weight is 228 g/mol. The van der Waals surface area contributed by atoms with E-state index in [1.807, 2.05) is 0 Å². The molecule has 14 heavy (non-hydrogen) atoms. The summed E-state index contributed by atoms with van der Waals surface area (Å²) in [5.41, 5.74) is -0.451. The van der Waals surface area contributed by atoms with E-state index in [4.69, 9.17) is 4.89 Å². The van der Waals surface area contributed by atoms with Gasteiger partial charge in [0.1, 0.15) is 0 Å². The Labute approximate surface area is 84.0 Å². The molecule has 86 valence electrons. The minimum Gasteiger partial charge on any atom is -0.290 e. The SMILES string of the molecule is COP(=O)(OC)OCOOC(C)(C)C. The van der Waals surface area contributed by atoms with E-state index in [1.165, 1.54) is 14.2 Å². The molecule has 6 nitrogen and oxygen atoms in total. The first-order chi connectivity index (χ1) is 6.33. The van der Waals surface area contributed by atoms with Crippen molar-refractivity contribution >= 4 is 7.82 Å². The van der Waals surface area contributed by atoms with Crippen molar-refractivity contribution in [2.75, 3.05) is 21.0 Å². The summed E-state index contributed by atoms with van der Waals surface area (Å²) in [6, 6.07) is 0. The molecule has 0 heterocycles. The van der Waals surface area contributed by atoms with Crippen LogP contribution in [-0.4, -0.2) is 26.6 Å². The summed E-state index contributed by atoms with van der Waals surface area (Å²) >= 11 is 0. The van der Waals surface area contributed by atoms with Crippen molar-refractivity contribution in [3.05, 3.63) is 0 Å². The molecule has 0 aromatic carbocycles. The summed E-state index contributed by atoms with van der Waals surface area (Å²) in [6.45, 7) is 5.09. The predicted octanol–water partition coefficient (Wildman–Crippen LogP) is 2.11. The van der Waals surface area contributed by atoms with E-state index < -0.39 is 13.4 Å². The van der Waals surface area contributed by atoms with Gasteiger partial charge in [-0.15, -0.1) is 0 Å². The number of phosphoric ester groups is 1. The number of hydrogen-bond acceptors (Lipinski definition) is 6. The maximum Gasteiger partial charge on any atom is 0.476 e. The number of rotatable bonds is 6. The molecule has 0 saturated carbocycles. The van der Waals surface area contributed by atoms with Gasteiger partial charge in [0.2, 0.25) is 0 Å². The summed E-state index contributed by atoms with van der Waals surface area (Å²) in [4.78, 5) is 9.50. The molecule has 0 N–H and O–H groups in total. The zero-order valence-corrected chi connectivity index (χ0v) is 10.00. The Kier molecular flexibility index (Phi) is 5.81. The molecule has 0 bridgehead atoms. The van der Waals surface area contributed by atoms with Gasteiger partial charge in [0.15, 0.2) is 6.79 Å². The molecular weight excluding hydrogens is 211 g/mol. The molecule has 0 aliphatic carbocycles. The third-order valence-electron chi connectivity index (χ3n) is 1.02. The number of hydrogen-bond donors (Lipinski definition) is 0. The van der Waals surface area contributed by atoms with Gasteiger partial charge in [-0.2, -0.15) is 0 Å². The molecule has 0 unspecified atom stereocenters. The second-order valence-corrected chi connectivity index (χ2v) is 5.26. The molecule has 0 aliphatic heterocycles. The Bertz CT molecular complexity index is 191. The fourth-order valence-electron chi connectivity index (χ4n) is 0.467. The zero-order chi connectivity index (χ0) is 11.2. The van der Waals surface area contributed by atoms with E-state index in [0.29, 0.717) is 0 Å². The van der Waals surface area contributed by atoms with Gasteiger partial charge in [-0.1, -0.05) is 0 Å². The lowest BCUT2D eigenvalue weighted by Crippen LogP contribution is -2.20. The molecule has 0 fully saturated rings. The Morgan fingerprint density at radius 2 is 1.64 bits per heavy atom. The first-order valence-electron chi connectivity index (χ1n) is 3.99. The fourth-order valence-corrected chi connectivity index (χ4v) is 0.999. The highest BCUT2D eigenvalue weighted by Gasteiger charge is 2.23. The maximum atomic E-state index is 11.3. The highest BCUT2D eigenvalue weighted by Crippen LogP contribution is 2.47. The smallest absolute Gasteiger partial charge is 0.290 e. The zero-order valence-electron chi connectivity index (χ0n) is 9.10. The van der Waals surface area contributed by atoms with Gasteiger partial charge < -0.3 is 0 Å². The van der Waals surface area contributed by atoms with E-state index in [2.05, 4.69) is 18.5 Å². The Hall–Kier alpha value is 0.0300. The van der Waals surface area contributed by atoms with Crippen molar-refractivity contribution < 1.29 is 27.9 Å². The topological polar surface area (TPSA) is 63.2 Å². The van der Waals surface area contributed by atoms with Crippen LogP contribution in [0.2, 0.25) is 0 Å². The largest absolute Gasteiger partial charge is 0.476 e. The second-order valence-electron chi connectivity index (χ2n) is 3.37. The van der Waals surface area contributed by atoms with Gasteiger partial charge >= 0.3 is 7.82 Å². The third-order valence-corrected chi connectivity index (χ3v) is 2.33. The van der Waals surface area contributed by atoms with Crippen molar-refractivity contribution in [1.82, 2.24) is 0 Å². The standard InChI is InChI=1S/C7H17O6P/c1-7(2,3)13-11-6-12-14(8,9-4)10-5/h6H2,1-5H3. The Morgan fingerprint density at radius 3 is 2.00 bits per heavy atom. The van der Waals surface area contributed by atoms with Crippen molar-refractivity contribution in [2.45, 2.75) is 26.4 Å². The molecule has 0 spiro atoms. The van der Waals surface area contributed by atoms with Crippen LogP contribution in [0.15, 0.2) is 0 Å². The molecule has 7 heteroatoms. The van der Waals surface area contributed by atoms with Crippen molar-refractivity contribution in [2.24, 2.45) is 0 Å². The molecule has 0 aromatic heterocycles. The van der Waals surface area contributed by atoms with E-state index in [9.17, 15) is 4.57 Å². The van der Waals surface area contributed by atoms with Crippen molar-refractivity contribution in [1.29, 1.82) is 0 Å². The Balaban J connectivity index is 3.69. The molecule has 0 radical (unpaired) electrons. The van der Waals surface area contributed by atoms with Gasteiger partial charge in [0, 0.05) is 14.2 Å². The van der Waals surface area contributed by atoms with Crippen LogP contribution in [0.3, 0.4) is 0 Å². The van der Waals surface area contributed by atoms with Crippen LogP contribution < -0.4 is 0 Å². The monoisotopic (exact) mass is 228 g/mol. The summed E-state index contributed by atoms with van der Waals surface area (Å²) in [5, 5.41) is 0. The van der Waals surface area contributed by atoms with E-state index in [0.717, 1.165) is 0 Å². The highest BCUT2D eigenvalue weighted by atomic mass is 31.2. The summed E-state index contributed by atoms with van der Waals surface area (Å²) in [7, 11) is -1.03. The minimum atomic E-state index is -3.47. The first-order valence-corrected chi connectivity index (χ1v) is 5.46. The highest BCUT2D eigenvalue weighted by molar-refractivity contribution is 7.48. The minimum absolute atomic E-state index is 0.323. The van der Waals surface area contributed by atoms with Crippen LogP contribution in [0.1, 0.15) is 20.8 Å². The van der Waals surface area contributed by atoms with Crippen LogP contribution >= 0.6 is 7.82 Å². The van der Waals surface area contributed by atoms with Crippen LogP contribution in [0.5, 0.6) is 0 Å². The van der Waals surface area contributed by atoms with Crippen LogP contribution in [0.4, 0.5) is 0 Å². The lowest BCUT2D eigenvalue weighted by molar-refractivity contribution is -0.372. The maximum absolute atomic E-state index is 11.3. The van der Waals surface area contributed by atoms with E-state index in [-0.39, 0.29) is 6.79 Å². The fraction of sp³-hybridized carbons (Fsp3) is 1.00. The van der Waals surface area contributed by atoms with E-state index in [1.54, 1.807) is 20.8 Å². The van der Waals surface area contributed by atoms with Crippen molar-refractivity contribution in [3.8, 4) is 0 Å². The van der Waals surface area contributed by atoms with Gasteiger partial charge in [-0.3, -0.25) is 13.6 Å². The Morgan fingerprint density at radius 1 is 1.14 bits per heavy atom. The van der Waals surface area contributed by atoms with E-state index >= 15 is 0 Å². The second kappa shape index (κ2) is 5.80.